The number of rotatable bonds is 9. The van der Waals surface area contributed by atoms with Crippen LogP contribution in [0, 0.1) is 0 Å². The molecule has 0 amide bonds. The van der Waals surface area contributed by atoms with Crippen molar-refractivity contribution in [1.29, 1.82) is 0 Å². The van der Waals surface area contributed by atoms with Crippen LogP contribution < -0.4 is 15.4 Å². The zero-order valence-electron chi connectivity index (χ0n) is 14.6. The lowest BCUT2D eigenvalue weighted by atomic mass is 10.3. The Balaban J connectivity index is 0.00000312. The van der Waals surface area contributed by atoms with Crippen LogP contribution in [-0.2, 0) is 11.3 Å². The number of H-pyrrole nitrogens is 1. The molecule has 138 valence electrons. The van der Waals surface area contributed by atoms with E-state index in [0.717, 1.165) is 30.1 Å². The molecule has 1 aromatic heterocycles. The summed E-state index contributed by atoms with van der Waals surface area (Å²) in [5.74, 6) is 1.53. The van der Waals surface area contributed by atoms with Gasteiger partial charge in [-0.2, -0.15) is 5.10 Å². The van der Waals surface area contributed by atoms with Crippen LogP contribution in [0.3, 0.4) is 0 Å². The number of aliphatic imine (C=N–C) groups is 1. The van der Waals surface area contributed by atoms with Crippen LogP contribution in [0.1, 0.15) is 19.0 Å². The van der Waals surface area contributed by atoms with Gasteiger partial charge in [-0.25, -0.2) is 4.99 Å². The molecule has 2 rings (SSSR count). The third-order valence-electron chi connectivity index (χ3n) is 3.17. The Morgan fingerprint density at radius 1 is 1.28 bits per heavy atom. The van der Waals surface area contributed by atoms with Gasteiger partial charge >= 0.3 is 0 Å². The molecule has 0 radical (unpaired) electrons. The van der Waals surface area contributed by atoms with Crippen LogP contribution >= 0.6 is 24.0 Å². The number of hydrogen-bond donors (Lipinski definition) is 3. The van der Waals surface area contributed by atoms with Crippen LogP contribution in [0.15, 0.2) is 41.5 Å². The molecule has 2 aromatic rings. The lowest BCUT2D eigenvalue weighted by molar-refractivity contribution is 0.172. The number of methoxy groups -OCH3 is 1. The van der Waals surface area contributed by atoms with Crippen molar-refractivity contribution in [2.45, 2.75) is 19.9 Å². The summed E-state index contributed by atoms with van der Waals surface area (Å²) < 4.78 is 10.7. The maximum atomic E-state index is 5.72. The number of hydrogen-bond acceptors (Lipinski definition) is 4. The molecule has 0 bridgehead atoms. The molecule has 0 aliphatic carbocycles. The molecular weight excluding hydrogens is 433 g/mol. The zero-order valence-corrected chi connectivity index (χ0v) is 16.9. The SMILES string of the molecule is CCNC(=NCc1ccn[nH]1)Nc1cccc(OCCCOC)c1.I. The van der Waals surface area contributed by atoms with Gasteiger partial charge in [0.2, 0.25) is 0 Å². The Bertz CT molecular complexity index is 619. The molecule has 0 aliphatic heterocycles. The molecule has 8 heteroatoms. The number of benzene rings is 1. The van der Waals surface area contributed by atoms with E-state index >= 15 is 0 Å². The Morgan fingerprint density at radius 2 is 2.16 bits per heavy atom. The smallest absolute Gasteiger partial charge is 0.196 e. The van der Waals surface area contributed by atoms with Crippen LogP contribution in [0.4, 0.5) is 5.69 Å². The number of nitrogens with one attached hydrogen (secondary N) is 3. The zero-order chi connectivity index (χ0) is 17.0. The number of ether oxygens (including phenoxy) is 2. The molecular formula is C17H26IN5O2. The Labute approximate surface area is 165 Å². The van der Waals surface area contributed by atoms with Gasteiger partial charge in [0.25, 0.3) is 0 Å². The quantitative estimate of drug-likeness (QED) is 0.233. The van der Waals surface area contributed by atoms with Crippen LogP contribution in [0.5, 0.6) is 5.75 Å². The second-order valence-electron chi connectivity index (χ2n) is 5.12. The second kappa shape index (κ2) is 12.5. The molecule has 1 heterocycles. The summed E-state index contributed by atoms with van der Waals surface area (Å²) in [6, 6.07) is 9.72. The summed E-state index contributed by atoms with van der Waals surface area (Å²) >= 11 is 0. The van der Waals surface area contributed by atoms with Crippen molar-refractivity contribution in [3.05, 3.63) is 42.2 Å². The van der Waals surface area contributed by atoms with Gasteiger partial charge in [0, 0.05) is 44.6 Å². The van der Waals surface area contributed by atoms with E-state index in [1.54, 1.807) is 13.3 Å². The first kappa shape index (κ1) is 21.2. The third-order valence-corrected chi connectivity index (χ3v) is 3.17. The fraction of sp³-hybridized carbons (Fsp3) is 0.412. The number of aromatic amines is 1. The summed E-state index contributed by atoms with van der Waals surface area (Å²) in [6.45, 7) is 4.67. The highest BCUT2D eigenvalue weighted by atomic mass is 127. The first-order chi connectivity index (χ1) is 11.8. The van der Waals surface area contributed by atoms with E-state index in [1.807, 2.05) is 37.3 Å². The van der Waals surface area contributed by atoms with E-state index < -0.39 is 0 Å². The van der Waals surface area contributed by atoms with E-state index in [1.165, 1.54) is 0 Å². The normalized spacial score (nSPS) is 10.9. The first-order valence-electron chi connectivity index (χ1n) is 8.07. The molecule has 7 nitrogen and oxygen atoms in total. The average Bonchev–Trinajstić information content (AvgIpc) is 3.11. The molecule has 0 fully saturated rings. The fourth-order valence-electron chi connectivity index (χ4n) is 2.04. The number of guanidine groups is 1. The first-order valence-corrected chi connectivity index (χ1v) is 8.07. The minimum atomic E-state index is 0. The van der Waals surface area contributed by atoms with Crippen LogP contribution in [0.25, 0.3) is 0 Å². The van der Waals surface area contributed by atoms with E-state index in [-0.39, 0.29) is 24.0 Å². The standard InChI is InChI=1S/C17H25N5O2.HI/c1-3-18-17(19-13-15-8-9-20-22-15)21-14-6-4-7-16(12-14)24-11-5-10-23-2;/h4,6-9,12H,3,5,10-11,13H2,1-2H3,(H,20,22)(H2,18,19,21);1H. The summed E-state index contributed by atoms with van der Waals surface area (Å²) in [6.07, 6.45) is 2.58. The van der Waals surface area contributed by atoms with Gasteiger partial charge in [-0.15, -0.1) is 24.0 Å². The van der Waals surface area contributed by atoms with Crippen molar-refractivity contribution in [2.24, 2.45) is 4.99 Å². The maximum absolute atomic E-state index is 5.72. The third kappa shape index (κ3) is 8.21. The number of halogens is 1. The van der Waals surface area contributed by atoms with Gasteiger partial charge in [-0.3, -0.25) is 5.10 Å². The van der Waals surface area contributed by atoms with Crippen molar-refractivity contribution in [3.63, 3.8) is 0 Å². The molecule has 0 spiro atoms. The predicted molar refractivity (Wildman–Crippen MR) is 111 cm³/mol. The Hall–Kier alpha value is -1.81. The minimum absolute atomic E-state index is 0. The molecule has 0 atom stereocenters. The Morgan fingerprint density at radius 3 is 2.88 bits per heavy atom. The van der Waals surface area contributed by atoms with E-state index in [4.69, 9.17) is 9.47 Å². The van der Waals surface area contributed by atoms with E-state index in [0.29, 0.717) is 25.7 Å². The van der Waals surface area contributed by atoms with Crippen molar-refractivity contribution in [3.8, 4) is 5.75 Å². The Kier molecular flexibility index (Phi) is 10.6. The maximum Gasteiger partial charge on any atom is 0.196 e. The average molecular weight is 459 g/mol. The summed E-state index contributed by atoms with van der Waals surface area (Å²) in [7, 11) is 1.69. The highest BCUT2D eigenvalue weighted by Crippen LogP contribution is 2.17. The lowest BCUT2D eigenvalue weighted by Gasteiger charge is -2.12. The molecule has 0 aliphatic rings. The second-order valence-corrected chi connectivity index (χ2v) is 5.12. The highest BCUT2D eigenvalue weighted by Gasteiger charge is 2.02. The van der Waals surface area contributed by atoms with Gasteiger partial charge in [-0.1, -0.05) is 6.07 Å². The van der Waals surface area contributed by atoms with Crippen molar-refractivity contribution in [1.82, 2.24) is 15.5 Å². The molecule has 1 aromatic carbocycles. The molecule has 0 saturated carbocycles. The van der Waals surface area contributed by atoms with Gasteiger partial charge in [-0.05, 0) is 25.1 Å². The fourth-order valence-corrected chi connectivity index (χ4v) is 2.04. The molecule has 25 heavy (non-hydrogen) atoms. The van der Waals surface area contributed by atoms with Gasteiger partial charge in [0.1, 0.15) is 5.75 Å². The lowest BCUT2D eigenvalue weighted by Crippen LogP contribution is -2.30. The van der Waals surface area contributed by atoms with E-state index in [9.17, 15) is 0 Å². The topological polar surface area (TPSA) is 83.6 Å². The van der Waals surface area contributed by atoms with E-state index in [2.05, 4.69) is 25.8 Å². The predicted octanol–water partition coefficient (Wildman–Crippen LogP) is 3.02. The number of anilines is 1. The van der Waals surface area contributed by atoms with Gasteiger partial charge in [0.15, 0.2) is 5.96 Å². The van der Waals surface area contributed by atoms with Crippen molar-refractivity contribution < 1.29 is 9.47 Å². The van der Waals surface area contributed by atoms with Gasteiger partial charge < -0.3 is 20.1 Å². The molecule has 0 unspecified atom stereocenters. The summed E-state index contributed by atoms with van der Waals surface area (Å²) in [5.41, 5.74) is 1.88. The molecule has 0 saturated heterocycles. The van der Waals surface area contributed by atoms with Crippen LogP contribution in [0.2, 0.25) is 0 Å². The number of aromatic nitrogens is 2. The monoisotopic (exact) mass is 459 g/mol. The van der Waals surface area contributed by atoms with Crippen LogP contribution in [-0.4, -0.2) is 43.0 Å². The summed E-state index contributed by atoms with van der Waals surface area (Å²) in [4.78, 5) is 4.53. The largest absolute Gasteiger partial charge is 0.493 e. The minimum Gasteiger partial charge on any atom is -0.493 e. The summed E-state index contributed by atoms with van der Waals surface area (Å²) in [5, 5.41) is 13.3. The molecule has 3 N–H and O–H groups in total. The highest BCUT2D eigenvalue weighted by molar-refractivity contribution is 14.0. The van der Waals surface area contributed by atoms with Crippen molar-refractivity contribution in [2.75, 3.05) is 32.2 Å². The number of nitrogens with zero attached hydrogens (tertiary/aromatic N) is 2. The van der Waals surface area contributed by atoms with Gasteiger partial charge in [0.05, 0.1) is 18.8 Å². The van der Waals surface area contributed by atoms with Crippen molar-refractivity contribution >= 4 is 35.6 Å².